The monoisotopic (exact) mass is 359 g/mol. The molecule has 1 aromatic heterocycles. The molecule has 128 valence electrons. The van der Waals surface area contributed by atoms with E-state index in [2.05, 4.69) is 10.4 Å². The van der Waals surface area contributed by atoms with Gasteiger partial charge in [0.2, 0.25) is 5.91 Å². The van der Waals surface area contributed by atoms with E-state index >= 15 is 0 Å². The maximum Gasteiger partial charge on any atom is 0.288 e. The first-order valence-electron chi connectivity index (χ1n) is 7.54. The molecule has 1 N–H and O–H groups in total. The van der Waals surface area contributed by atoms with Crippen LogP contribution in [0.5, 0.6) is 0 Å². The van der Waals surface area contributed by atoms with Crippen molar-refractivity contribution >= 4 is 23.4 Å². The molecule has 0 aliphatic rings. The maximum atomic E-state index is 12.3. The molecule has 1 amide bonds. The molecule has 25 heavy (non-hydrogen) atoms. The van der Waals surface area contributed by atoms with E-state index in [0.717, 1.165) is 11.3 Å². The normalized spacial score (nSPS) is 10.8. The number of amides is 1. The molecule has 0 radical (unpaired) electrons. The SMILES string of the molecule is O=C(Cc1cnn(-c2ccccc2)c1)Nc1ccc(SC(F)F)cc1. The van der Waals surface area contributed by atoms with Crippen LogP contribution in [0, 0.1) is 0 Å². The van der Waals surface area contributed by atoms with E-state index in [1.54, 1.807) is 41.3 Å². The number of carbonyl (C=O) groups is 1. The number of benzene rings is 2. The molecule has 3 aromatic rings. The Labute approximate surface area is 147 Å². The summed E-state index contributed by atoms with van der Waals surface area (Å²) in [6.45, 7) is 0. The van der Waals surface area contributed by atoms with Gasteiger partial charge in [-0.15, -0.1) is 0 Å². The first kappa shape index (κ1) is 17.2. The number of aromatic nitrogens is 2. The third-order valence-corrected chi connectivity index (χ3v) is 4.11. The van der Waals surface area contributed by atoms with Crippen molar-refractivity contribution in [3.05, 3.63) is 72.6 Å². The lowest BCUT2D eigenvalue weighted by molar-refractivity contribution is -0.115. The quantitative estimate of drug-likeness (QED) is 0.665. The molecule has 2 aromatic carbocycles. The molecular weight excluding hydrogens is 344 g/mol. The van der Waals surface area contributed by atoms with Gasteiger partial charge in [-0.05, 0) is 42.0 Å². The summed E-state index contributed by atoms with van der Waals surface area (Å²) < 4.78 is 26.3. The Bertz CT molecular complexity index is 835. The maximum absolute atomic E-state index is 12.3. The second kappa shape index (κ2) is 7.94. The lowest BCUT2D eigenvalue weighted by Crippen LogP contribution is -2.13. The minimum absolute atomic E-state index is 0.181. The highest BCUT2D eigenvalue weighted by molar-refractivity contribution is 7.99. The van der Waals surface area contributed by atoms with Crippen molar-refractivity contribution < 1.29 is 13.6 Å². The topological polar surface area (TPSA) is 46.9 Å². The van der Waals surface area contributed by atoms with E-state index < -0.39 is 5.76 Å². The predicted molar refractivity (Wildman–Crippen MR) is 94.2 cm³/mol. The van der Waals surface area contributed by atoms with E-state index in [4.69, 9.17) is 0 Å². The Kier molecular flexibility index (Phi) is 5.45. The van der Waals surface area contributed by atoms with Gasteiger partial charge in [0.25, 0.3) is 5.76 Å². The van der Waals surface area contributed by atoms with E-state index in [9.17, 15) is 13.6 Å². The zero-order chi connectivity index (χ0) is 17.6. The summed E-state index contributed by atoms with van der Waals surface area (Å²) in [5, 5.41) is 7.00. The standard InChI is InChI=1S/C18H15F2N3OS/c19-18(20)25-16-8-6-14(7-9-16)22-17(24)10-13-11-21-23(12-13)15-4-2-1-3-5-15/h1-9,11-12,18H,10H2,(H,22,24). The highest BCUT2D eigenvalue weighted by Crippen LogP contribution is 2.26. The van der Waals surface area contributed by atoms with E-state index in [1.165, 1.54) is 0 Å². The van der Waals surface area contributed by atoms with Gasteiger partial charge in [0.1, 0.15) is 0 Å². The van der Waals surface area contributed by atoms with Gasteiger partial charge in [0, 0.05) is 16.8 Å². The van der Waals surface area contributed by atoms with Crippen LogP contribution in [0.3, 0.4) is 0 Å². The first-order chi connectivity index (χ1) is 12.1. The molecule has 0 saturated carbocycles. The van der Waals surface area contributed by atoms with Gasteiger partial charge in [-0.25, -0.2) is 4.68 Å². The Balaban J connectivity index is 1.58. The van der Waals surface area contributed by atoms with Crippen LogP contribution in [0.25, 0.3) is 5.69 Å². The van der Waals surface area contributed by atoms with E-state index in [0.29, 0.717) is 22.3 Å². The molecule has 7 heteroatoms. The van der Waals surface area contributed by atoms with Gasteiger partial charge < -0.3 is 5.32 Å². The zero-order valence-corrected chi connectivity index (χ0v) is 13.9. The summed E-state index contributed by atoms with van der Waals surface area (Å²) >= 11 is 0.472. The van der Waals surface area contributed by atoms with Crippen LogP contribution in [0.2, 0.25) is 0 Å². The Hall–Kier alpha value is -2.67. The number of nitrogens with zero attached hydrogens (tertiary/aromatic N) is 2. The summed E-state index contributed by atoms with van der Waals surface area (Å²) in [7, 11) is 0. The Morgan fingerprint density at radius 3 is 2.52 bits per heavy atom. The molecule has 0 atom stereocenters. The van der Waals surface area contributed by atoms with Crippen LogP contribution < -0.4 is 5.32 Å². The Morgan fingerprint density at radius 1 is 1.12 bits per heavy atom. The number of alkyl halides is 2. The number of halogens is 2. The second-order valence-corrected chi connectivity index (χ2v) is 6.32. The number of hydrogen-bond donors (Lipinski definition) is 1. The van der Waals surface area contributed by atoms with Crippen LogP contribution in [0.4, 0.5) is 14.5 Å². The van der Waals surface area contributed by atoms with Gasteiger partial charge >= 0.3 is 0 Å². The number of carbonyl (C=O) groups excluding carboxylic acids is 1. The highest BCUT2D eigenvalue weighted by atomic mass is 32.2. The number of nitrogens with one attached hydrogen (secondary N) is 1. The number of rotatable bonds is 6. The Morgan fingerprint density at radius 2 is 1.84 bits per heavy atom. The molecule has 0 aliphatic heterocycles. The van der Waals surface area contributed by atoms with Crippen molar-refractivity contribution in [2.45, 2.75) is 17.1 Å². The second-order valence-electron chi connectivity index (χ2n) is 5.26. The van der Waals surface area contributed by atoms with Crippen LogP contribution in [0.15, 0.2) is 71.9 Å². The van der Waals surface area contributed by atoms with E-state index in [-0.39, 0.29) is 12.3 Å². The van der Waals surface area contributed by atoms with Crippen molar-refractivity contribution in [3.63, 3.8) is 0 Å². The van der Waals surface area contributed by atoms with Crippen molar-refractivity contribution in [2.24, 2.45) is 0 Å². The third kappa shape index (κ3) is 4.90. The number of hydrogen-bond acceptors (Lipinski definition) is 3. The fourth-order valence-electron chi connectivity index (χ4n) is 2.28. The van der Waals surface area contributed by atoms with Gasteiger partial charge in [0.05, 0.1) is 18.3 Å². The molecule has 0 bridgehead atoms. The van der Waals surface area contributed by atoms with Crippen molar-refractivity contribution in [1.29, 1.82) is 0 Å². The third-order valence-electron chi connectivity index (χ3n) is 3.38. The number of thioether (sulfide) groups is 1. The van der Waals surface area contributed by atoms with Crippen LogP contribution in [0.1, 0.15) is 5.56 Å². The predicted octanol–water partition coefficient (Wildman–Crippen LogP) is 4.37. The molecule has 0 aliphatic carbocycles. The summed E-state index contributed by atoms with van der Waals surface area (Å²) in [5.41, 5.74) is 2.27. The lowest BCUT2D eigenvalue weighted by Gasteiger charge is -2.05. The summed E-state index contributed by atoms with van der Waals surface area (Å²) in [6, 6.07) is 15.9. The molecule has 0 saturated heterocycles. The van der Waals surface area contributed by atoms with Gasteiger partial charge in [-0.2, -0.15) is 13.9 Å². The van der Waals surface area contributed by atoms with Crippen molar-refractivity contribution in [2.75, 3.05) is 5.32 Å². The molecule has 1 heterocycles. The number of para-hydroxylation sites is 1. The zero-order valence-electron chi connectivity index (χ0n) is 13.1. The molecule has 0 spiro atoms. The molecule has 0 unspecified atom stereocenters. The fourth-order valence-corrected chi connectivity index (χ4v) is 2.78. The van der Waals surface area contributed by atoms with Gasteiger partial charge in [-0.3, -0.25) is 4.79 Å². The van der Waals surface area contributed by atoms with Crippen LogP contribution >= 0.6 is 11.8 Å². The average Bonchev–Trinajstić information content (AvgIpc) is 3.05. The smallest absolute Gasteiger partial charge is 0.288 e. The average molecular weight is 359 g/mol. The van der Waals surface area contributed by atoms with E-state index in [1.807, 2.05) is 30.3 Å². The summed E-state index contributed by atoms with van der Waals surface area (Å²) in [6.07, 6.45) is 3.63. The van der Waals surface area contributed by atoms with Crippen molar-refractivity contribution in [3.8, 4) is 5.69 Å². The van der Waals surface area contributed by atoms with Gasteiger partial charge in [-0.1, -0.05) is 30.0 Å². The lowest BCUT2D eigenvalue weighted by atomic mass is 10.2. The summed E-state index contributed by atoms with van der Waals surface area (Å²) in [4.78, 5) is 12.6. The first-order valence-corrected chi connectivity index (χ1v) is 8.42. The van der Waals surface area contributed by atoms with Gasteiger partial charge in [0.15, 0.2) is 0 Å². The largest absolute Gasteiger partial charge is 0.326 e. The molecule has 3 rings (SSSR count). The molecule has 0 fully saturated rings. The van der Waals surface area contributed by atoms with Crippen molar-refractivity contribution in [1.82, 2.24) is 9.78 Å². The minimum atomic E-state index is -2.46. The van der Waals surface area contributed by atoms with Crippen LogP contribution in [-0.4, -0.2) is 21.4 Å². The summed E-state index contributed by atoms with van der Waals surface area (Å²) in [5.74, 6) is -2.65. The fraction of sp³-hybridized carbons (Fsp3) is 0.111. The minimum Gasteiger partial charge on any atom is -0.326 e. The molecular formula is C18H15F2N3OS. The van der Waals surface area contributed by atoms with Crippen LogP contribution in [-0.2, 0) is 11.2 Å². The highest BCUT2D eigenvalue weighted by Gasteiger charge is 2.08. The number of anilines is 1. The molecule has 4 nitrogen and oxygen atoms in total.